The molecule has 39 heavy (non-hydrogen) atoms. The SMILES string of the molecule is CCCCCCCCCCCCCCOc1ccc(C(=O)Nc2ccc(C[n+]3cscc3C)cc2)cc1F.[Br-]. The summed E-state index contributed by atoms with van der Waals surface area (Å²) >= 11 is 1.68. The van der Waals surface area contributed by atoms with Crippen LogP contribution in [0.15, 0.2) is 53.4 Å². The molecule has 0 spiro atoms. The summed E-state index contributed by atoms with van der Waals surface area (Å²) < 4.78 is 22.4. The number of hydrogen-bond donors (Lipinski definition) is 1. The molecule has 0 saturated heterocycles. The molecule has 1 N–H and O–H groups in total. The van der Waals surface area contributed by atoms with Gasteiger partial charge in [0.05, 0.1) is 12.0 Å². The van der Waals surface area contributed by atoms with Crippen molar-refractivity contribution < 1.29 is 35.5 Å². The Morgan fingerprint density at radius 2 is 1.51 bits per heavy atom. The summed E-state index contributed by atoms with van der Waals surface area (Å²) in [5.74, 6) is -0.641. The largest absolute Gasteiger partial charge is 1.00 e. The highest BCUT2D eigenvalue weighted by molar-refractivity contribution is 7.07. The summed E-state index contributed by atoms with van der Waals surface area (Å²) in [7, 11) is 0. The van der Waals surface area contributed by atoms with E-state index in [0.29, 0.717) is 12.3 Å². The van der Waals surface area contributed by atoms with Crippen molar-refractivity contribution in [3.8, 4) is 5.75 Å². The summed E-state index contributed by atoms with van der Waals surface area (Å²) in [6, 6.07) is 12.1. The van der Waals surface area contributed by atoms with Gasteiger partial charge in [0.25, 0.3) is 5.91 Å². The van der Waals surface area contributed by atoms with Crippen LogP contribution in [0.1, 0.15) is 106 Å². The van der Waals surface area contributed by atoms with E-state index in [1.165, 1.54) is 76.0 Å². The number of hydrogen-bond acceptors (Lipinski definition) is 3. The van der Waals surface area contributed by atoms with Gasteiger partial charge in [-0.1, -0.05) is 101 Å². The highest BCUT2D eigenvalue weighted by Gasteiger charge is 2.12. The lowest BCUT2D eigenvalue weighted by molar-refractivity contribution is -0.689. The van der Waals surface area contributed by atoms with Crippen molar-refractivity contribution in [2.75, 3.05) is 11.9 Å². The number of carbonyl (C=O) groups is 1. The predicted octanol–water partition coefficient (Wildman–Crippen LogP) is 5.87. The van der Waals surface area contributed by atoms with Gasteiger partial charge < -0.3 is 27.0 Å². The van der Waals surface area contributed by atoms with Crippen LogP contribution >= 0.6 is 11.3 Å². The number of rotatable bonds is 18. The van der Waals surface area contributed by atoms with Crippen molar-refractivity contribution in [1.29, 1.82) is 0 Å². The number of benzene rings is 2. The Balaban J connectivity index is 0.00000533. The van der Waals surface area contributed by atoms with Gasteiger partial charge in [-0.2, -0.15) is 4.57 Å². The zero-order valence-electron chi connectivity index (χ0n) is 23.5. The number of anilines is 1. The first-order chi connectivity index (χ1) is 18.6. The summed E-state index contributed by atoms with van der Waals surface area (Å²) in [5.41, 5.74) is 5.41. The monoisotopic (exact) mass is 618 g/mol. The molecule has 214 valence electrons. The van der Waals surface area contributed by atoms with Crippen molar-refractivity contribution >= 4 is 22.9 Å². The quantitative estimate of drug-likeness (QED) is 0.143. The first-order valence-electron chi connectivity index (χ1n) is 14.3. The molecule has 1 heterocycles. The van der Waals surface area contributed by atoms with E-state index < -0.39 is 5.82 Å². The number of halogens is 2. The molecular weight excluding hydrogens is 575 g/mol. The molecular formula is C32H44BrFN2O2S. The molecule has 0 atom stereocenters. The molecule has 7 heteroatoms. The second kappa shape index (κ2) is 18.9. The van der Waals surface area contributed by atoms with Gasteiger partial charge in [-0.25, -0.2) is 4.39 Å². The second-order valence-electron chi connectivity index (χ2n) is 10.2. The minimum Gasteiger partial charge on any atom is -1.00 e. The minimum absolute atomic E-state index is 0. The van der Waals surface area contributed by atoms with Gasteiger partial charge in [0.2, 0.25) is 5.51 Å². The minimum atomic E-state index is -0.505. The fourth-order valence-electron chi connectivity index (χ4n) is 4.49. The molecule has 1 aromatic heterocycles. The number of amides is 1. The van der Waals surface area contributed by atoms with E-state index in [2.05, 4.69) is 34.6 Å². The van der Waals surface area contributed by atoms with Crippen LogP contribution in [0.2, 0.25) is 0 Å². The molecule has 1 amide bonds. The topological polar surface area (TPSA) is 42.2 Å². The molecule has 0 bridgehead atoms. The van der Waals surface area contributed by atoms with Crippen molar-refractivity contribution in [2.45, 2.75) is 97.4 Å². The normalized spacial score (nSPS) is 10.7. The molecule has 0 aliphatic carbocycles. The van der Waals surface area contributed by atoms with Crippen LogP contribution in [0, 0.1) is 12.7 Å². The number of carbonyl (C=O) groups excluding carboxylic acids is 1. The molecule has 3 rings (SSSR count). The van der Waals surface area contributed by atoms with E-state index in [9.17, 15) is 9.18 Å². The number of nitrogens with zero attached hydrogens (tertiary/aromatic N) is 1. The van der Waals surface area contributed by atoms with Crippen molar-refractivity contribution in [3.05, 3.63) is 76.0 Å². The van der Waals surface area contributed by atoms with Crippen molar-refractivity contribution in [1.82, 2.24) is 0 Å². The van der Waals surface area contributed by atoms with Gasteiger partial charge in [-0.3, -0.25) is 4.79 Å². The van der Waals surface area contributed by atoms with Gasteiger partial charge in [0, 0.05) is 23.7 Å². The second-order valence-corrected chi connectivity index (χ2v) is 10.9. The van der Waals surface area contributed by atoms with E-state index >= 15 is 0 Å². The Morgan fingerprint density at radius 3 is 2.08 bits per heavy atom. The molecule has 0 radical (unpaired) electrons. The number of unbranched alkanes of at least 4 members (excludes halogenated alkanes) is 11. The third kappa shape index (κ3) is 12.2. The van der Waals surface area contributed by atoms with Crippen molar-refractivity contribution in [2.24, 2.45) is 0 Å². The van der Waals surface area contributed by atoms with Crippen LogP contribution in [0.25, 0.3) is 0 Å². The fraction of sp³-hybridized carbons (Fsp3) is 0.500. The summed E-state index contributed by atoms with van der Waals surface area (Å²) in [6.45, 7) is 5.62. The van der Waals surface area contributed by atoms with Gasteiger partial charge in [0.15, 0.2) is 23.8 Å². The average Bonchev–Trinajstić information content (AvgIpc) is 3.32. The average molecular weight is 620 g/mol. The zero-order valence-corrected chi connectivity index (χ0v) is 25.9. The highest BCUT2D eigenvalue weighted by Crippen LogP contribution is 2.20. The Bertz CT molecular complexity index is 1100. The molecule has 0 aliphatic heterocycles. The molecule has 2 aromatic carbocycles. The molecule has 4 nitrogen and oxygen atoms in total. The maximum absolute atomic E-state index is 14.6. The highest BCUT2D eigenvalue weighted by atomic mass is 79.9. The number of aryl methyl sites for hydroxylation is 1. The lowest BCUT2D eigenvalue weighted by Gasteiger charge is -2.10. The van der Waals surface area contributed by atoms with Crippen LogP contribution in [-0.4, -0.2) is 12.5 Å². The van der Waals surface area contributed by atoms with E-state index in [-0.39, 0.29) is 34.2 Å². The van der Waals surface area contributed by atoms with E-state index in [4.69, 9.17) is 4.74 Å². The van der Waals surface area contributed by atoms with Crippen molar-refractivity contribution in [3.63, 3.8) is 0 Å². The van der Waals surface area contributed by atoms with Crippen LogP contribution < -0.4 is 31.6 Å². The lowest BCUT2D eigenvalue weighted by atomic mass is 10.1. The first kappa shape index (κ1) is 33.0. The smallest absolute Gasteiger partial charge is 0.255 e. The number of ether oxygens (including phenoxy) is 1. The summed E-state index contributed by atoms with van der Waals surface area (Å²) in [6.07, 6.45) is 15.3. The third-order valence-electron chi connectivity index (χ3n) is 6.89. The lowest BCUT2D eigenvalue weighted by Crippen LogP contribution is -3.00. The number of aromatic nitrogens is 1. The molecule has 0 saturated carbocycles. The Hall–Kier alpha value is -2.25. The third-order valence-corrected chi connectivity index (χ3v) is 7.75. The maximum atomic E-state index is 14.6. The fourth-order valence-corrected chi connectivity index (χ4v) is 5.27. The van der Waals surface area contributed by atoms with Crippen LogP contribution in [0.3, 0.4) is 0 Å². The molecule has 0 unspecified atom stereocenters. The van der Waals surface area contributed by atoms with E-state index in [1.807, 2.05) is 24.3 Å². The zero-order chi connectivity index (χ0) is 27.0. The van der Waals surface area contributed by atoms with Gasteiger partial charge in [-0.05, 0) is 36.8 Å². The molecule has 0 aliphatic rings. The van der Waals surface area contributed by atoms with E-state index in [1.54, 1.807) is 23.5 Å². The van der Waals surface area contributed by atoms with Crippen LogP contribution in [-0.2, 0) is 6.54 Å². The summed E-state index contributed by atoms with van der Waals surface area (Å²) in [5, 5.41) is 4.96. The predicted molar refractivity (Wildman–Crippen MR) is 156 cm³/mol. The standard InChI is InChI=1S/C32H43FN2O2S.BrH/c1-3-4-5-6-7-8-9-10-11-12-13-14-21-37-31-20-17-28(22-30(31)33)32(36)34-29-18-15-27(16-19-29)23-35-25-38-24-26(35)2;/h15-20,22,24-25H,3-14,21,23H2,1-2H3;1H. The first-order valence-corrected chi connectivity index (χ1v) is 15.3. The Kier molecular flexibility index (Phi) is 16.0. The maximum Gasteiger partial charge on any atom is 0.255 e. The summed E-state index contributed by atoms with van der Waals surface area (Å²) in [4.78, 5) is 12.6. The Morgan fingerprint density at radius 1 is 0.897 bits per heavy atom. The molecule has 0 fully saturated rings. The number of nitrogens with one attached hydrogen (secondary N) is 1. The van der Waals surface area contributed by atoms with Gasteiger partial charge in [0.1, 0.15) is 0 Å². The van der Waals surface area contributed by atoms with E-state index in [0.717, 1.165) is 24.9 Å². The van der Waals surface area contributed by atoms with Crippen LogP contribution in [0.4, 0.5) is 10.1 Å². The van der Waals surface area contributed by atoms with Gasteiger partial charge in [-0.15, -0.1) is 0 Å². The Labute approximate surface area is 248 Å². The van der Waals surface area contributed by atoms with Gasteiger partial charge >= 0.3 is 0 Å². The molecule has 3 aromatic rings. The van der Waals surface area contributed by atoms with Crippen LogP contribution in [0.5, 0.6) is 5.75 Å². The number of thiazole rings is 1.